The van der Waals surface area contributed by atoms with Gasteiger partial charge in [-0.25, -0.2) is 8.78 Å². The van der Waals surface area contributed by atoms with Crippen LogP contribution < -0.4 is 5.32 Å². The molecule has 0 radical (unpaired) electrons. The van der Waals surface area contributed by atoms with E-state index in [9.17, 15) is 8.78 Å². The molecule has 0 heterocycles. The molecule has 0 aliphatic heterocycles. The smallest absolute Gasteiger partial charge is 0.256 e. The number of halogens is 2. The van der Waals surface area contributed by atoms with Crippen molar-refractivity contribution in [3.05, 3.63) is 0 Å². The molecule has 0 saturated heterocycles. The summed E-state index contributed by atoms with van der Waals surface area (Å²) < 4.78 is 25.6. The van der Waals surface area contributed by atoms with E-state index in [0.29, 0.717) is 24.7 Å². The van der Waals surface area contributed by atoms with E-state index in [0.717, 1.165) is 6.42 Å². The van der Waals surface area contributed by atoms with Crippen molar-refractivity contribution in [3.63, 3.8) is 0 Å². The number of rotatable bonds is 2. The Hall–Kier alpha value is -0.180. The molecule has 0 aromatic rings. The Morgan fingerprint density at radius 2 is 1.92 bits per heavy atom. The van der Waals surface area contributed by atoms with E-state index in [1.165, 1.54) is 0 Å². The van der Waals surface area contributed by atoms with Crippen LogP contribution in [0.25, 0.3) is 0 Å². The van der Waals surface area contributed by atoms with Gasteiger partial charge in [-0.3, -0.25) is 0 Å². The molecule has 78 valence electrons. The number of hydrogen-bond acceptors (Lipinski definition) is 1. The number of alkyl halides is 2. The van der Waals surface area contributed by atoms with Crippen LogP contribution in [0.4, 0.5) is 8.78 Å². The van der Waals surface area contributed by atoms with Gasteiger partial charge in [0.15, 0.2) is 0 Å². The molecule has 0 amide bonds. The highest BCUT2D eigenvalue weighted by molar-refractivity contribution is 4.95. The molecule has 1 rings (SSSR count). The summed E-state index contributed by atoms with van der Waals surface area (Å²) in [4.78, 5) is 0. The van der Waals surface area contributed by atoms with Crippen LogP contribution in [0.1, 0.15) is 33.1 Å². The third kappa shape index (κ3) is 2.01. The van der Waals surface area contributed by atoms with Crippen LogP contribution >= 0.6 is 0 Å². The van der Waals surface area contributed by atoms with Crippen molar-refractivity contribution in [1.29, 1.82) is 0 Å². The molecule has 0 bridgehead atoms. The Morgan fingerprint density at radius 3 is 2.31 bits per heavy atom. The Labute approximate surface area is 78.9 Å². The molecule has 3 heteroatoms. The third-order valence-electron chi connectivity index (χ3n) is 3.62. The summed E-state index contributed by atoms with van der Waals surface area (Å²) in [6, 6.07) is 0. The zero-order valence-corrected chi connectivity index (χ0v) is 8.61. The Bertz CT molecular complexity index is 172. The van der Waals surface area contributed by atoms with Crippen molar-refractivity contribution in [2.24, 2.45) is 11.8 Å². The Balaban J connectivity index is 2.69. The van der Waals surface area contributed by atoms with Crippen LogP contribution in [0.3, 0.4) is 0 Å². The molecule has 1 nitrogen and oxygen atoms in total. The fourth-order valence-electron chi connectivity index (χ4n) is 2.18. The lowest BCUT2D eigenvalue weighted by Crippen LogP contribution is -2.53. The second-order valence-corrected chi connectivity index (χ2v) is 4.40. The zero-order valence-electron chi connectivity index (χ0n) is 8.61. The van der Waals surface area contributed by atoms with Crippen LogP contribution in [0.2, 0.25) is 0 Å². The van der Waals surface area contributed by atoms with Gasteiger partial charge < -0.3 is 5.32 Å². The second-order valence-electron chi connectivity index (χ2n) is 4.40. The average Bonchev–Trinajstić information content (AvgIpc) is 2.09. The highest BCUT2D eigenvalue weighted by Crippen LogP contribution is 2.39. The molecule has 0 spiro atoms. The van der Waals surface area contributed by atoms with Crippen LogP contribution in [-0.4, -0.2) is 19.0 Å². The Kier molecular flexibility index (Phi) is 3.28. The fraction of sp³-hybridized carbons (Fsp3) is 1.00. The van der Waals surface area contributed by atoms with Gasteiger partial charge in [-0.05, 0) is 38.1 Å². The van der Waals surface area contributed by atoms with Gasteiger partial charge in [0, 0.05) is 0 Å². The van der Waals surface area contributed by atoms with Gasteiger partial charge in [-0.2, -0.15) is 0 Å². The van der Waals surface area contributed by atoms with Crippen molar-refractivity contribution in [3.8, 4) is 0 Å². The lowest BCUT2D eigenvalue weighted by Gasteiger charge is -2.42. The summed E-state index contributed by atoms with van der Waals surface area (Å²) in [5.74, 6) is 0.982. The van der Waals surface area contributed by atoms with E-state index in [-0.39, 0.29) is 0 Å². The normalized spacial score (nSPS) is 41.1. The first kappa shape index (κ1) is 10.9. The van der Waals surface area contributed by atoms with Crippen LogP contribution in [0.15, 0.2) is 0 Å². The van der Waals surface area contributed by atoms with Crippen molar-refractivity contribution in [1.82, 2.24) is 5.32 Å². The molecular weight excluding hydrogens is 172 g/mol. The molecule has 3 atom stereocenters. The predicted molar refractivity (Wildman–Crippen MR) is 50.0 cm³/mol. The molecule has 13 heavy (non-hydrogen) atoms. The van der Waals surface area contributed by atoms with Crippen molar-refractivity contribution in [2.75, 3.05) is 7.05 Å². The van der Waals surface area contributed by atoms with Gasteiger partial charge in [-0.15, -0.1) is 0 Å². The molecule has 1 N–H and O–H groups in total. The van der Waals surface area contributed by atoms with E-state index in [2.05, 4.69) is 19.2 Å². The first-order chi connectivity index (χ1) is 6.02. The van der Waals surface area contributed by atoms with Gasteiger partial charge in [-0.1, -0.05) is 13.8 Å². The summed E-state index contributed by atoms with van der Waals surface area (Å²) in [5.41, 5.74) is -0.911. The van der Waals surface area contributed by atoms with E-state index >= 15 is 0 Å². The van der Waals surface area contributed by atoms with E-state index in [1.54, 1.807) is 7.05 Å². The first-order valence-corrected chi connectivity index (χ1v) is 4.99. The molecule has 1 aliphatic carbocycles. The van der Waals surface area contributed by atoms with Crippen molar-refractivity contribution in [2.45, 2.75) is 45.1 Å². The largest absolute Gasteiger partial charge is 0.309 e. The quantitative estimate of drug-likeness (QED) is 0.707. The summed E-state index contributed by atoms with van der Waals surface area (Å²) in [5, 5.41) is 2.82. The second kappa shape index (κ2) is 3.91. The zero-order chi connectivity index (χ0) is 10.1. The highest BCUT2D eigenvalue weighted by atomic mass is 19.3. The minimum Gasteiger partial charge on any atom is -0.309 e. The first-order valence-electron chi connectivity index (χ1n) is 4.99. The molecule has 0 aromatic carbocycles. The third-order valence-corrected chi connectivity index (χ3v) is 3.62. The molecule has 0 aromatic heterocycles. The van der Waals surface area contributed by atoms with Gasteiger partial charge in [0.05, 0.1) is 5.54 Å². The number of nitrogens with one attached hydrogen (secondary N) is 1. The highest BCUT2D eigenvalue weighted by Gasteiger charge is 2.43. The van der Waals surface area contributed by atoms with Crippen LogP contribution in [-0.2, 0) is 0 Å². The maximum absolute atomic E-state index is 12.8. The molecule has 3 unspecified atom stereocenters. The van der Waals surface area contributed by atoms with Crippen LogP contribution in [0.5, 0.6) is 0 Å². The maximum Gasteiger partial charge on any atom is 0.256 e. The molecule has 1 fully saturated rings. The van der Waals surface area contributed by atoms with Gasteiger partial charge >= 0.3 is 0 Å². The van der Waals surface area contributed by atoms with Crippen molar-refractivity contribution < 1.29 is 8.78 Å². The molecule has 1 saturated carbocycles. The van der Waals surface area contributed by atoms with E-state index in [1.807, 2.05) is 0 Å². The fourth-order valence-corrected chi connectivity index (χ4v) is 2.18. The summed E-state index contributed by atoms with van der Waals surface area (Å²) in [6.45, 7) is 4.22. The van der Waals surface area contributed by atoms with E-state index in [4.69, 9.17) is 0 Å². The van der Waals surface area contributed by atoms with Gasteiger partial charge in [0.1, 0.15) is 0 Å². The SMILES string of the molecule is CNC1(C(F)F)CCC(C)C(C)C1. The van der Waals surface area contributed by atoms with Gasteiger partial charge in [0.2, 0.25) is 0 Å². The maximum atomic E-state index is 12.8. The monoisotopic (exact) mass is 191 g/mol. The minimum atomic E-state index is -2.24. The lowest BCUT2D eigenvalue weighted by atomic mass is 9.71. The predicted octanol–water partition coefficient (Wildman–Crippen LogP) is 2.67. The summed E-state index contributed by atoms with van der Waals surface area (Å²) >= 11 is 0. The standard InChI is InChI=1S/C10H19F2N/c1-7-4-5-10(13-3,9(11)12)6-8(7)2/h7-9,13H,4-6H2,1-3H3. The average molecular weight is 191 g/mol. The summed E-state index contributed by atoms with van der Waals surface area (Å²) in [6.07, 6.45) is -0.131. The molecular formula is C10H19F2N. The minimum absolute atomic E-state index is 0.398. The van der Waals surface area contributed by atoms with Gasteiger partial charge in [0.25, 0.3) is 6.43 Å². The van der Waals surface area contributed by atoms with Crippen molar-refractivity contribution >= 4 is 0 Å². The Morgan fingerprint density at radius 1 is 1.31 bits per heavy atom. The summed E-state index contributed by atoms with van der Waals surface area (Å²) in [7, 11) is 1.65. The number of hydrogen-bond donors (Lipinski definition) is 1. The van der Waals surface area contributed by atoms with Crippen LogP contribution in [0, 0.1) is 11.8 Å². The molecule has 1 aliphatic rings. The lowest BCUT2D eigenvalue weighted by molar-refractivity contribution is -0.0118. The van der Waals surface area contributed by atoms with E-state index < -0.39 is 12.0 Å². The topological polar surface area (TPSA) is 12.0 Å².